The minimum Gasteiger partial charge on any atom is -0.493 e. The molecule has 0 radical (unpaired) electrons. The summed E-state index contributed by atoms with van der Waals surface area (Å²) in [5.41, 5.74) is 1.68. The van der Waals surface area contributed by atoms with Crippen LogP contribution in [0, 0.1) is 0 Å². The Kier molecular flexibility index (Phi) is 3.78. The molecule has 1 heterocycles. The monoisotopic (exact) mass is 296 g/mol. The molecule has 0 N–H and O–H groups in total. The van der Waals surface area contributed by atoms with Crippen LogP contribution in [-0.2, 0) is 6.54 Å². The molecule has 0 bridgehead atoms. The van der Waals surface area contributed by atoms with E-state index < -0.39 is 0 Å². The van der Waals surface area contributed by atoms with Gasteiger partial charge in [0.05, 0.1) is 31.4 Å². The average molecular weight is 296 g/mol. The molecular weight excluding hydrogens is 280 g/mol. The number of rotatable bonds is 4. The summed E-state index contributed by atoms with van der Waals surface area (Å²) in [7, 11) is 3.22. The molecule has 0 saturated carbocycles. The van der Waals surface area contributed by atoms with Crippen LogP contribution in [0.3, 0.4) is 0 Å². The molecule has 3 aromatic rings. The van der Waals surface area contributed by atoms with Crippen molar-refractivity contribution in [2.45, 2.75) is 6.54 Å². The van der Waals surface area contributed by atoms with E-state index in [2.05, 4.69) is 4.98 Å². The number of ether oxygens (including phenoxy) is 2. The lowest BCUT2D eigenvalue weighted by molar-refractivity contribution is 0.354. The fourth-order valence-corrected chi connectivity index (χ4v) is 2.46. The number of methoxy groups -OCH3 is 2. The Labute approximate surface area is 127 Å². The summed E-state index contributed by atoms with van der Waals surface area (Å²) >= 11 is 0. The number of benzene rings is 2. The van der Waals surface area contributed by atoms with Gasteiger partial charge in [-0.1, -0.05) is 18.2 Å². The Morgan fingerprint density at radius 3 is 2.59 bits per heavy atom. The van der Waals surface area contributed by atoms with E-state index in [9.17, 15) is 4.79 Å². The number of para-hydroxylation sites is 1. The standard InChI is InChI=1S/C17H16N2O3/c1-21-15-8-7-12(9-16(15)22-2)10-19-11-18-17(20)13-5-3-4-6-14(13)19/h3-9,11H,10H2,1-2H3. The average Bonchev–Trinajstić information content (AvgIpc) is 2.57. The summed E-state index contributed by atoms with van der Waals surface area (Å²) in [5.74, 6) is 1.37. The molecule has 22 heavy (non-hydrogen) atoms. The van der Waals surface area contributed by atoms with Gasteiger partial charge in [-0.25, -0.2) is 0 Å². The molecule has 3 rings (SSSR count). The van der Waals surface area contributed by atoms with Crippen molar-refractivity contribution in [3.8, 4) is 11.5 Å². The smallest absolute Gasteiger partial charge is 0.280 e. The molecule has 0 atom stereocenters. The molecule has 2 aromatic carbocycles. The fourth-order valence-electron chi connectivity index (χ4n) is 2.46. The van der Waals surface area contributed by atoms with E-state index in [0.29, 0.717) is 23.4 Å². The number of hydrogen-bond acceptors (Lipinski definition) is 4. The lowest BCUT2D eigenvalue weighted by Crippen LogP contribution is -2.13. The first kappa shape index (κ1) is 14.1. The van der Waals surface area contributed by atoms with Crippen LogP contribution in [0.4, 0.5) is 0 Å². The highest BCUT2D eigenvalue weighted by molar-refractivity contribution is 5.77. The van der Waals surface area contributed by atoms with Crippen LogP contribution in [0.15, 0.2) is 53.6 Å². The Bertz CT molecular complexity index is 871. The summed E-state index contributed by atoms with van der Waals surface area (Å²) in [6.45, 7) is 0.591. The highest BCUT2D eigenvalue weighted by atomic mass is 16.5. The normalized spacial score (nSPS) is 10.6. The molecule has 0 amide bonds. The van der Waals surface area contributed by atoms with Gasteiger partial charge in [0.15, 0.2) is 11.5 Å². The van der Waals surface area contributed by atoms with E-state index in [1.54, 1.807) is 26.6 Å². The summed E-state index contributed by atoms with van der Waals surface area (Å²) in [6.07, 6.45) is 1.57. The third-order valence-electron chi connectivity index (χ3n) is 3.56. The number of nitrogens with zero attached hydrogens (tertiary/aromatic N) is 2. The van der Waals surface area contributed by atoms with Crippen LogP contribution < -0.4 is 15.0 Å². The maximum atomic E-state index is 11.8. The van der Waals surface area contributed by atoms with E-state index in [4.69, 9.17) is 9.47 Å². The summed E-state index contributed by atoms with van der Waals surface area (Å²) in [6, 6.07) is 13.2. The van der Waals surface area contributed by atoms with Gasteiger partial charge in [-0.3, -0.25) is 4.79 Å². The molecule has 0 saturated heterocycles. The van der Waals surface area contributed by atoms with Gasteiger partial charge in [0.25, 0.3) is 5.56 Å². The minimum absolute atomic E-state index is 0.209. The predicted molar refractivity (Wildman–Crippen MR) is 84.7 cm³/mol. The molecule has 112 valence electrons. The second-order valence-corrected chi connectivity index (χ2v) is 4.88. The van der Waals surface area contributed by atoms with Gasteiger partial charge in [0.2, 0.25) is 0 Å². The molecule has 0 aliphatic heterocycles. The highest BCUT2D eigenvalue weighted by Crippen LogP contribution is 2.28. The van der Waals surface area contributed by atoms with Crippen LogP contribution in [0.25, 0.3) is 10.9 Å². The van der Waals surface area contributed by atoms with Gasteiger partial charge in [0, 0.05) is 6.54 Å². The first-order valence-electron chi connectivity index (χ1n) is 6.88. The maximum Gasteiger partial charge on any atom is 0.280 e. The van der Waals surface area contributed by atoms with E-state index in [-0.39, 0.29) is 5.56 Å². The highest BCUT2D eigenvalue weighted by Gasteiger charge is 2.07. The zero-order valence-corrected chi connectivity index (χ0v) is 12.4. The van der Waals surface area contributed by atoms with Crippen molar-refractivity contribution in [3.05, 3.63) is 64.7 Å². The maximum absolute atomic E-state index is 11.8. The van der Waals surface area contributed by atoms with Crippen LogP contribution in [-0.4, -0.2) is 23.8 Å². The molecule has 5 heteroatoms. The summed E-state index contributed by atoms with van der Waals surface area (Å²) in [5, 5.41) is 0.616. The summed E-state index contributed by atoms with van der Waals surface area (Å²) < 4.78 is 12.5. The van der Waals surface area contributed by atoms with Crippen LogP contribution >= 0.6 is 0 Å². The fraction of sp³-hybridized carbons (Fsp3) is 0.176. The lowest BCUT2D eigenvalue weighted by Gasteiger charge is -2.12. The van der Waals surface area contributed by atoms with Crippen LogP contribution in [0.5, 0.6) is 11.5 Å². The Hall–Kier alpha value is -2.82. The predicted octanol–water partition coefficient (Wildman–Crippen LogP) is 2.46. The van der Waals surface area contributed by atoms with Crippen molar-refractivity contribution < 1.29 is 9.47 Å². The largest absolute Gasteiger partial charge is 0.493 e. The van der Waals surface area contributed by atoms with E-state index in [1.807, 2.05) is 41.0 Å². The first-order valence-corrected chi connectivity index (χ1v) is 6.88. The van der Waals surface area contributed by atoms with Gasteiger partial charge < -0.3 is 14.0 Å². The van der Waals surface area contributed by atoms with Crippen LogP contribution in [0.1, 0.15) is 5.56 Å². The molecule has 1 aromatic heterocycles. The minimum atomic E-state index is -0.209. The topological polar surface area (TPSA) is 53.4 Å². The Morgan fingerprint density at radius 2 is 1.82 bits per heavy atom. The third-order valence-corrected chi connectivity index (χ3v) is 3.56. The van der Waals surface area contributed by atoms with Gasteiger partial charge in [-0.2, -0.15) is 4.98 Å². The van der Waals surface area contributed by atoms with Crippen molar-refractivity contribution in [3.63, 3.8) is 0 Å². The SMILES string of the molecule is COc1ccc(Cn2cnc(=O)c3ccccc32)cc1OC. The Morgan fingerprint density at radius 1 is 1.05 bits per heavy atom. The molecule has 0 fully saturated rings. The van der Waals surface area contributed by atoms with Gasteiger partial charge >= 0.3 is 0 Å². The molecule has 0 spiro atoms. The van der Waals surface area contributed by atoms with E-state index in [0.717, 1.165) is 11.1 Å². The van der Waals surface area contributed by atoms with Crippen molar-refractivity contribution in [1.82, 2.24) is 9.55 Å². The van der Waals surface area contributed by atoms with Gasteiger partial charge in [0.1, 0.15) is 0 Å². The summed E-state index contributed by atoms with van der Waals surface area (Å²) in [4.78, 5) is 15.7. The quantitative estimate of drug-likeness (QED) is 0.742. The molecule has 0 unspecified atom stereocenters. The first-order chi connectivity index (χ1) is 10.7. The zero-order valence-electron chi connectivity index (χ0n) is 12.4. The van der Waals surface area contributed by atoms with Crippen LogP contribution in [0.2, 0.25) is 0 Å². The van der Waals surface area contributed by atoms with Gasteiger partial charge in [-0.05, 0) is 29.8 Å². The zero-order chi connectivity index (χ0) is 15.5. The Balaban J connectivity index is 2.04. The van der Waals surface area contributed by atoms with Crippen molar-refractivity contribution in [1.29, 1.82) is 0 Å². The molecular formula is C17H16N2O3. The van der Waals surface area contributed by atoms with Crippen molar-refractivity contribution >= 4 is 10.9 Å². The molecule has 0 aliphatic carbocycles. The molecule has 0 aliphatic rings. The number of fused-ring (bicyclic) bond motifs is 1. The number of aromatic nitrogens is 2. The van der Waals surface area contributed by atoms with E-state index in [1.165, 1.54) is 0 Å². The molecule has 5 nitrogen and oxygen atoms in total. The number of hydrogen-bond donors (Lipinski definition) is 0. The van der Waals surface area contributed by atoms with Gasteiger partial charge in [-0.15, -0.1) is 0 Å². The second kappa shape index (κ2) is 5.89. The van der Waals surface area contributed by atoms with E-state index >= 15 is 0 Å². The van der Waals surface area contributed by atoms with Crippen molar-refractivity contribution in [2.75, 3.05) is 14.2 Å². The van der Waals surface area contributed by atoms with Crippen molar-refractivity contribution in [2.24, 2.45) is 0 Å². The third kappa shape index (κ3) is 2.53. The second-order valence-electron chi connectivity index (χ2n) is 4.88. The lowest BCUT2D eigenvalue weighted by atomic mass is 10.2.